The van der Waals surface area contributed by atoms with Gasteiger partial charge in [0.05, 0.1) is 6.61 Å². The Hall–Kier alpha value is -1.09. The molecule has 0 aliphatic rings. The third-order valence-electron chi connectivity index (χ3n) is 2.34. The van der Waals surface area contributed by atoms with Gasteiger partial charge in [0.15, 0.2) is 0 Å². The van der Waals surface area contributed by atoms with Gasteiger partial charge in [-0.25, -0.2) is 4.39 Å². The number of aliphatic hydroxyl groups excluding tert-OH is 1. The molecule has 90 valence electrons. The lowest BCUT2D eigenvalue weighted by atomic mass is 9.99. The van der Waals surface area contributed by atoms with Crippen molar-refractivity contribution < 1.29 is 14.2 Å². The largest absolute Gasteiger partial charge is 0.493 e. The van der Waals surface area contributed by atoms with Crippen molar-refractivity contribution in [2.24, 2.45) is 11.8 Å². The fraction of sp³-hybridized carbons (Fsp3) is 0.538. The maximum absolute atomic E-state index is 12.9. The molecule has 1 aromatic carbocycles. The second-order valence-electron chi connectivity index (χ2n) is 4.45. The van der Waals surface area contributed by atoms with E-state index in [4.69, 9.17) is 9.84 Å². The molecule has 1 unspecified atom stereocenters. The Bertz CT molecular complexity index is 313. The lowest BCUT2D eigenvalue weighted by molar-refractivity contribution is 0.145. The van der Waals surface area contributed by atoms with Gasteiger partial charge in [-0.15, -0.1) is 0 Å². The van der Waals surface area contributed by atoms with Crippen LogP contribution in [-0.2, 0) is 0 Å². The molecule has 3 heteroatoms. The summed E-state index contributed by atoms with van der Waals surface area (Å²) < 4.78 is 18.3. The zero-order valence-corrected chi connectivity index (χ0v) is 9.82. The molecule has 0 aromatic heterocycles. The summed E-state index contributed by atoms with van der Waals surface area (Å²) >= 11 is 0. The Morgan fingerprint density at radius 3 is 2.69 bits per heavy atom. The van der Waals surface area contributed by atoms with Gasteiger partial charge in [0.2, 0.25) is 0 Å². The highest BCUT2D eigenvalue weighted by Crippen LogP contribution is 2.16. The van der Waals surface area contributed by atoms with Crippen LogP contribution < -0.4 is 4.74 Å². The number of rotatable bonds is 6. The summed E-state index contributed by atoms with van der Waals surface area (Å²) in [6, 6.07) is 6.06. The average molecular weight is 226 g/mol. The highest BCUT2D eigenvalue weighted by atomic mass is 19.1. The zero-order chi connectivity index (χ0) is 12.0. The van der Waals surface area contributed by atoms with Gasteiger partial charge in [-0.05, 0) is 24.5 Å². The molecule has 1 N–H and O–H groups in total. The van der Waals surface area contributed by atoms with E-state index in [1.807, 2.05) is 0 Å². The summed E-state index contributed by atoms with van der Waals surface area (Å²) in [5.41, 5.74) is 0. The van der Waals surface area contributed by atoms with E-state index < -0.39 is 0 Å². The van der Waals surface area contributed by atoms with E-state index in [1.165, 1.54) is 12.1 Å². The van der Waals surface area contributed by atoms with E-state index >= 15 is 0 Å². The molecule has 0 spiro atoms. The van der Waals surface area contributed by atoms with Crippen molar-refractivity contribution in [3.05, 3.63) is 30.1 Å². The predicted octanol–water partition coefficient (Wildman–Crippen LogP) is 2.86. The fourth-order valence-corrected chi connectivity index (χ4v) is 1.63. The van der Waals surface area contributed by atoms with E-state index in [0.717, 1.165) is 6.42 Å². The number of hydrogen-bond acceptors (Lipinski definition) is 2. The Labute approximate surface area is 96.1 Å². The van der Waals surface area contributed by atoms with E-state index in [1.54, 1.807) is 12.1 Å². The van der Waals surface area contributed by atoms with Gasteiger partial charge in [0.25, 0.3) is 0 Å². The van der Waals surface area contributed by atoms with Crippen molar-refractivity contribution in [2.45, 2.75) is 20.3 Å². The van der Waals surface area contributed by atoms with Gasteiger partial charge in [0, 0.05) is 18.6 Å². The molecule has 0 heterocycles. The van der Waals surface area contributed by atoms with Crippen LogP contribution >= 0.6 is 0 Å². The molecular formula is C13H19FO2. The van der Waals surface area contributed by atoms with Crippen LogP contribution in [0.1, 0.15) is 20.3 Å². The SMILES string of the molecule is CC(C)CC(CO)COc1cccc(F)c1. The van der Waals surface area contributed by atoms with Gasteiger partial charge < -0.3 is 9.84 Å². The minimum atomic E-state index is -0.304. The lowest BCUT2D eigenvalue weighted by Crippen LogP contribution is -2.18. The van der Waals surface area contributed by atoms with Crippen LogP contribution in [-0.4, -0.2) is 18.3 Å². The number of benzene rings is 1. The standard InChI is InChI=1S/C13H19FO2/c1-10(2)6-11(8-15)9-16-13-5-3-4-12(14)7-13/h3-5,7,10-11,15H,6,8-9H2,1-2H3. The Morgan fingerprint density at radius 1 is 1.38 bits per heavy atom. The van der Waals surface area contributed by atoms with Crippen LogP contribution in [0.5, 0.6) is 5.75 Å². The second kappa shape index (κ2) is 6.48. The average Bonchev–Trinajstić information content (AvgIpc) is 2.24. The number of halogens is 1. The maximum atomic E-state index is 12.9. The minimum absolute atomic E-state index is 0.105. The quantitative estimate of drug-likeness (QED) is 0.808. The minimum Gasteiger partial charge on any atom is -0.493 e. The molecule has 16 heavy (non-hydrogen) atoms. The van der Waals surface area contributed by atoms with Gasteiger partial charge >= 0.3 is 0 Å². The Morgan fingerprint density at radius 2 is 2.12 bits per heavy atom. The van der Waals surface area contributed by atoms with Crippen LogP contribution in [0.3, 0.4) is 0 Å². The lowest BCUT2D eigenvalue weighted by Gasteiger charge is -2.17. The summed E-state index contributed by atoms with van der Waals surface area (Å²) in [7, 11) is 0. The summed E-state index contributed by atoms with van der Waals surface area (Å²) in [4.78, 5) is 0. The van der Waals surface area contributed by atoms with Crippen LogP contribution in [0.2, 0.25) is 0 Å². The summed E-state index contributed by atoms with van der Waals surface area (Å²) in [5.74, 6) is 0.848. The highest BCUT2D eigenvalue weighted by Gasteiger charge is 2.10. The molecule has 0 aliphatic carbocycles. The smallest absolute Gasteiger partial charge is 0.126 e. The van der Waals surface area contributed by atoms with E-state index in [-0.39, 0.29) is 18.3 Å². The van der Waals surface area contributed by atoms with Gasteiger partial charge in [-0.3, -0.25) is 0 Å². The fourth-order valence-electron chi connectivity index (χ4n) is 1.63. The Balaban J connectivity index is 2.43. The molecule has 2 nitrogen and oxygen atoms in total. The van der Waals surface area contributed by atoms with Gasteiger partial charge in [-0.1, -0.05) is 19.9 Å². The molecule has 1 rings (SSSR count). The molecule has 0 saturated carbocycles. The molecule has 0 bridgehead atoms. The molecule has 0 aliphatic heterocycles. The topological polar surface area (TPSA) is 29.5 Å². The molecule has 0 saturated heterocycles. The molecule has 1 atom stereocenters. The summed E-state index contributed by atoms with van der Waals surface area (Å²) in [6.45, 7) is 4.74. The van der Waals surface area contributed by atoms with E-state index in [2.05, 4.69) is 13.8 Å². The number of ether oxygens (including phenoxy) is 1. The normalized spacial score (nSPS) is 12.8. The highest BCUT2D eigenvalue weighted by molar-refractivity contribution is 5.22. The van der Waals surface area contributed by atoms with E-state index in [9.17, 15) is 4.39 Å². The molecule has 0 amide bonds. The molecular weight excluding hydrogens is 207 g/mol. The zero-order valence-electron chi connectivity index (χ0n) is 9.82. The monoisotopic (exact) mass is 226 g/mol. The van der Waals surface area contributed by atoms with Gasteiger partial charge in [-0.2, -0.15) is 0 Å². The first-order chi connectivity index (χ1) is 7.61. The summed E-state index contributed by atoms with van der Waals surface area (Å²) in [5, 5.41) is 9.15. The maximum Gasteiger partial charge on any atom is 0.126 e. The first-order valence-electron chi connectivity index (χ1n) is 5.61. The van der Waals surface area contributed by atoms with Gasteiger partial charge in [0.1, 0.15) is 11.6 Å². The third-order valence-corrected chi connectivity index (χ3v) is 2.34. The molecule has 1 aromatic rings. The van der Waals surface area contributed by atoms with Crippen LogP contribution in [0.4, 0.5) is 4.39 Å². The second-order valence-corrected chi connectivity index (χ2v) is 4.45. The van der Waals surface area contributed by atoms with E-state index in [0.29, 0.717) is 18.3 Å². The summed E-state index contributed by atoms with van der Waals surface area (Å²) in [6.07, 6.45) is 0.909. The Kier molecular flexibility index (Phi) is 5.26. The van der Waals surface area contributed by atoms with Crippen molar-refractivity contribution in [2.75, 3.05) is 13.2 Å². The third kappa shape index (κ3) is 4.62. The van der Waals surface area contributed by atoms with Crippen molar-refractivity contribution in [1.82, 2.24) is 0 Å². The van der Waals surface area contributed by atoms with Crippen LogP contribution in [0.25, 0.3) is 0 Å². The van der Waals surface area contributed by atoms with Crippen molar-refractivity contribution in [3.8, 4) is 5.75 Å². The molecule has 0 radical (unpaired) electrons. The number of hydrogen-bond donors (Lipinski definition) is 1. The first kappa shape index (κ1) is 13.0. The predicted molar refractivity (Wildman–Crippen MR) is 61.9 cm³/mol. The van der Waals surface area contributed by atoms with Crippen molar-refractivity contribution in [3.63, 3.8) is 0 Å². The molecule has 0 fully saturated rings. The van der Waals surface area contributed by atoms with Crippen LogP contribution in [0, 0.1) is 17.7 Å². The number of aliphatic hydroxyl groups is 1. The van der Waals surface area contributed by atoms with Crippen molar-refractivity contribution in [1.29, 1.82) is 0 Å². The first-order valence-corrected chi connectivity index (χ1v) is 5.61. The van der Waals surface area contributed by atoms with Crippen molar-refractivity contribution >= 4 is 0 Å². The van der Waals surface area contributed by atoms with Crippen LogP contribution in [0.15, 0.2) is 24.3 Å².